The van der Waals surface area contributed by atoms with Crippen LogP contribution in [0.1, 0.15) is 23.0 Å². The third-order valence-corrected chi connectivity index (χ3v) is 4.67. The zero-order valence-corrected chi connectivity index (χ0v) is 16.2. The molecular formula is C22H15N3O6. The number of phenols is 1. The van der Waals surface area contributed by atoms with Crippen LogP contribution in [0.5, 0.6) is 5.75 Å². The van der Waals surface area contributed by atoms with Gasteiger partial charge in [0.15, 0.2) is 0 Å². The standard InChI is InChI=1S/C22H15N3O6/c1-13-18(22(28)24(23-13)21(27)17-4-2-3-5-19(17)26)12-16-10-11-20(31-16)14-6-8-15(9-7-14)25(29)30/h2-12,26H,1H3/b18-12+. The third-order valence-electron chi connectivity index (χ3n) is 4.67. The van der Waals surface area contributed by atoms with Crippen LogP contribution in [-0.4, -0.2) is 32.6 Å². The molecule has 1 aromatic heterocycles. The van der Waals surface area contributed by atoms with Crippen LogP contribution in [0.3, 0.4) is 0 Å². The molecule has 31 heavy (non-hydrogen) atoms. The van der Waals surface area contributed by atoms with Crippen molar-refractivity contribution >= 4 is 29.3 Å². The molecule has 1 aliphatic rings. The van der Waals surface area contributed by atoms with Gasteiger partial charge in [0.25, 0.3) is 17.5 Å². The van der Waals surface area contributed by atoms with Gasteiger partial charge in [-0.15, -0.1) is 0 Å². The summed E-state index contributed by atoms with van der Waals surface area (Å²) in [6, 6.07) is 15.1. The highest BCUT2D eigenvalue weighted by molar-refractivity contribution is 6.30. The lowest BCUT2D eigenvalue weighted by molar-refractivity contribution is -0.384. The number of nitro benzene ring substituents is 1. The Labute approximate surface area is 175 Å². The summed E-state index contributed by atoms with van der Waals surface area (Å²) in [5.41, 5.74) is 1.06. The van der Waals surface area contributed by atoms with Gasteiger partial charge in [0.05, 0.1) is 21.8 Å². The van der Waals surface area contributed by atoms with E-state index in [1.807, 2.05) is 0 Å². The second-order valence-electron chi connectivity index (χ2n) is 6.69. The molecule has 0 atom stereocenters. The van der Waals surface area contributed by atoms with Crippen molar-refractivity contribution in [3.63, 3.8) is 0 Å². The van der Waals surface area contributed by atoms with E-state index in [-0.39, 0.29) is 22.6 Å². The Morgan fingerprint density at radius 1 is 1.13 bits per heavy atom. The number of furan rings is 1. The Hall–Kier alpha value is -4.53. The number of rotatable bonds is 4. The average Bonchev–Trinajstić information content (AvgIpc) is 3.34. The summed E-state index contributed by atoms with van der Waals surface area (Å²) in [5, 5.41) is 25.4. The number of hydrazone groups is 1. The van der Waals surface area contributed by atoms with Crippen LogP contribution in [0, 0.1) is 10.1 Å². The molecule has 0 fully saturated rings. The molecule has 2 amide bonds. The first-order chi connectivity index (χ1) is 14.8. The number of carbonyl (C=O) groups is 2. The zero-order valence-electron chi connectivity index (χ0n) is 16.2. The SMILES string of the molecule is CC1=NN(C(=O)c2ccccc2O)C(=O)/C1=C/c1ccc(-c2ccc([N+](=O)[O-])cc2)o1. The maximum atomic E-state index is 12.8. The van der Waals surface area contributed by atoms with Crippen molar-refractivity contribution in [2.45, 2.75) is 6.92 Å². The molecule has 1 aliphatic heterocycles. The van der Waals surface area contributed by atoms with E-state index in [4.69, 9.17) is 4.42 Å². The van der Waals surface area contributed by atoms with Crippen LogP contribution in [0.25, 0.3) is 17.4 Å². The zero-order chi connectivity index (χ0) is 22.1. The lowest BCUT2D eigenvalue weighted by Gasteiger charge is -2.10. The molecule has 0 saturated heterocycles. The van der Waals surface area contributed by atoms with Crippen molar-refractivity contribution in [3.8, 4) is 17.1 Å². The average molecular weight is 417 g/mol. The van der Waals surface area contributed by atoms with Gasteiger partial charge in [-0.05, 0) is 49.4 Å². The van der Waals surface area contributed by atoms with Crippen LogP contribution in [0.15, 0.2) is 75.8 Å². The maximum Gasteiger partial charge on any atom is 0.285 e. The maximum absolute atomic E-state index is 12.8. The number of imide groups is 1. The summed E-state index contributed by atoms with van der Waals surface area (Å²) in [6.07, 6.45) is 1.47. The first kappa shape index (κ1) is 19.8. The number of carbonyl (C=O) groups excluding carboxylic acids is 2. The third kappa shape index (κ3) is 3.71. The molecule has 0 aliphatic carbocycles. The molecule has 0 saturated carbocycles. The number of non-ortho nitro benzene ring substituents is 1. The van der Waals surface area contributed by atoms with Crippen LogP contribution in [-0.2, 0) is 4.79 Å². The van der Waals surface area contributed by atoms with E-state index in [9.17, 15) is 24.8 Å². The lowest BCUT2D eigenvalue weighted by Crippen LogP contribution is -2.29. The summed E-state index contributed by atoms with van der Waals surface area (Å²) in [6.45, 7) is 1.59. The van der Waals surface area contributed by atoms with Gasteiger partial charge in [-0.3, -0.25) is 19.7 Å². The van der Waals surface area contributed by atoms with E-state index in [2.05, 4.69) is 5.10 Å². The Bertz CT molecular complexity index is 1270. The molecule has 1 N–H and O–H groups in total. The fourth-order valence-electron chi connectivity index (χ4n) is 3.07. The fraction of sp³-hybridized carbons (Fsp3) is 0.0455. The minimum atomic E-state index is -0.739. The number of amides is 2. The minimum absolute atomic E-state index is 0.0322. The van der Waals surface area contributed by atoms with Crippen molar-refractivity contribution in [3.05, 3.63) is 87.7 Å². The fourth-order valence-corrected chi connectivity index (χ4v) is 3.07. The first-order valence-corrected chi connectivity index (χ1v) is 9.14. The molecule has 3 aromatic rings. The highest BCUT2D eigenvalue weighted by atomic mass is 16.6. The molecule has 0 unspecified atom stereocenters. The van der Waals surface area contributed by atoms with Gasteiger partial charge in [0.2, 0.25) is 0 Å². The highest BCUT2D eigenvalue weighted by Crippen LogP contribution is 2.28. The Balaban J connectivity index is 1.58. The van der Waals surface area contributed by atoms with Crippen LogP contribution in [0.2, 0.25) is 0 Å². The molecule has 154 valence electrons. The molecule has 4 rings (SSSR count). The molecular weight excluding hydrogens is 402 g/mol. The Morgan fingerprint density at radius 3 is 2.52 bits per heavy atom. The molecule has 0 spiro atoms. The van der Waals surface area contributed by atoms with E-state index >= 15 is 0 Å². The van der Waals surface area contributed by atoms with Crippen LogP contribution in [0.4, 0.5) is 5.69 Å². The number of para-hydroxylation sites is 1. The topological polar surface area (TPSA) is 126 Å². The number of nitro groups is 1. The second kappa shape index (κ2) is 7.71. The summed E-state index contributed by atoms with van der Waals surface area (Å²) >= 11 is 0. The van der Waals surface area contributed by atoms with Crippen molar-refractivity contribution < 1.29 is 24.0 Å². The van der Waals surface area contributed by atoms with E-state index in [0.29, 0.717) is 27.8 Å². The second-order valence-corrected chi connectivity index (χ2v) is 6.69. The molecule has 9 heteroatoms. The molecule has 2 heterocycles. The Kier molecular flexibility index (Phi) is 4.92. The highest BCUT2D eigenvalue weighted by Gasteiger charge is 2.34. The minimum Gasteiger partial charge on any atom is -0.507 e. The summed E-state index contributed by atoms with van der Waals surface area (Å²) in [4.78, 5) is 35.7. The Morgan fingerprint density at radius 2 is 1.84 bits per heavy atom. The van der Waals surface area contributed by atoms with Gasteiger partial charge < -0.3 is 9.52 Å². The number of phenolic OH excluding ortho intramolecular Hbond substituents is 1. The van der Waals surface area contributed by atoms with E-state index in [0.717, 1.165) is 0 Å². The first-order valence-electron chi connectivity index (χ1n) is 9.14. The summed E-state index contributed by atoms with van der Waals surface area (Å²) in [7, 11) is 0. The number of hydrogen-bond acceptors (Lipinski definition) is 7. The predicted molar refractivity (Wildman–Crippen MR) is 111 cm³/mol. The molecule has 2 aromatic carbocycles. The van der Waals surface area contributed by atoms with E-state index in [1.54, 1.807) is 43.3 Å². The normalized spacial score (nSPS) is 14.7. The van der Waals surface area contributed by atoms with Crippen molar-refractivity contribution in [2.24, 2.45) is 5.10 Å². The number of benzene rings is 2. The molecule has 0 radical (unpaired) electrons. The van der Waals surface area contributed by atoms with Crippen LogP contribution >= 0.6 is 0 Å². The van der Waals surface area contributed by atoms with Gasteiger partial charge in [0.1, 0.15) is 17.3 Å². The smallest absolute Gasteiger partial charge is 0.285 e. The van der Waals surface area contributed by atoms with Gasteiger partial charge in [-0.2, -0.15) is 10.1 Å². The predicted octanol–water partition coefficient (Wildman–Crippen LogP) is 4.00. The van der Waals surface area contributed by atoms with E-state index < -0.39 is 16.7 Å². The lowest BCUT2D eigenvalue weighted by atomic mass is 10.1. The van der Waals surface area contributed by atoms with Crippen molar-refractivity contribution in [2.75, 3.05) is 0 Å². The number of nitrogens with zero attached hydrogens (tertiary/aromatic N) is 3. The monoisotopic (exact) mass is 417 g/mol. The molecule has 9 nitrogen and oxygen atoms in total. The summed E-state index contributed by atoms with van der Waals surface area (Å²) in [5.74, 6) is -0.813. The van der Waals surface area contributed by atoms with Crippen molar-refractivity contribution in [1.29, 1.82) is 0 Å². The van der Waals surface area contributed by atoms with Gasteiger partial charge >= 0.3 is 0 Å². The van der Waals surface area contributed by atoms with Gasteiger partial charge in [-0.1, -0.05) is 12.1 Å². The number of hydrogen-bond donors (Lipinski definition) is 1. The largest absolute Gasteiger partial charge is 0.507 e. The van der Waals surface area contributed by atoms with E-state index in [1.165, 1.54) is 30.3 Å². The quantitative estimate of drug-likeness (QED) is 0.296. The number of aromatic hydroxyl groups is 1. The van der Waals surface area contributed by atoms with Crippen molar-refractivity contribution in [1.82, 2.24) is 5.01 Å². The van der Waals surface area contributed by atoms with Gasteiger partial charge in [0, 0.05) is 17.7 Å². The van der Waals surface area contributed by atoms with Crippen LogP contribution < -0.4 is 0 Å². The summed E-state index contributed by atoms with van der Waals surface area (Å²) < 4.78 is 5.73. The molecule has 0 bridgehead atoms. The van der Waals surface area contributed by atoms with Gasteiger partial charge in [-0.25, -0.2) is 0 Å².